The van der Waals surface area contributed by atoms with Gasteiger partial charge in [-0.05, 0) is 28.8 Å². The van der Waals surface area contributed by atoms with Gasteiger partial charge in [-0.3, -0.25) is 0 Å². The topological polar surface area (TPSA) is 50.5 Å². The SMILES string of the molecule is O=S(=O)(c1cc(CCl)oc1Br)N1CCCCC1. The summed E-state index contributed by atoms with van der Waals surface area (Å²) in [6, 6.07) is 1.49. The first kappa shape index (κ1) is 13.4. The van der Waals surface area contributed by atoms with Gasteiger partial charge in [0.25, 0.3) is 0 Å². The molecule has 2 heterocycles. The van der Waals surface area contributed by atoms with E-state index in [9.17, 15) is 8.42 Å². The highest BCUT2D eigenvalue weighted by molar-refractivity contribution is 9.10. The van der Waals surface area contributed by atoms with Crippen LogP contribution in [0.15, 0.2) is 20.0 Å². The zero-order valence-electron chi connectivity index (χ0n) is 9.16. The standard InChI is InChI=1S/C10H13BrClNO3S/c11-10-9(6-8(7-12)16-10)17(14,15)13-4-2-1-3-5-13/h6H,1-5,7H2. The molecular formula is C10H13BrClNO3S. The van der Waals surface area contributed by atoms with Crippen LogP contribution in [-0.4, -0.2) is 25.8 Å². The normalized spacial score (nSPS) is 18.5. The van der Waals surface area contributed by atoms with E-state index in [0.29, 0.717) is 18.8 Å². The fourth-order valence-corrected chi connectivity index (χ4v) is 4.49. The molecule has 0 spiro atoms. The number of alkyl halides is 1. The average Bonchev–Trinajstić information content (AvgIpc) is 2.72. The molecule has 2 rings (SSSR count). The Hall–Kier alpha value is -0.0400. The predicted molar refractivity (Wildman–Crippen MR) is 68.6 cm³/mol. The van der Waals surface area contributed by atoms with E-state index in [2.05, 4.69) is 15.9 Å². The molecule has 0 atom stereocenters. The summed E-state index contributed by atoms with van der Waals surface area (Å²) in [6.07, 6.45) is 2.92. The van der Waals surface area contributed by atoms with Crippen molar-refractivity contribution < 1.29 is 12.8 Å². The van der Waals surface area contributed by atoms with E-state index in [4.69, 9.17) is 16.0 Å². The second kappa shape index (κ2) is 5.30. The van der Waals surface area contributed by atoms with E-state index in [-0.39, 0.29) is 15.4 Å². The Kier molecular flexibility index (Phi) is 4.18. The van der Waals surface area contributed by atoms with E-state index in [1.807, 2.05) is 0 Å². The fraction of sp³-hybridized carbons (Fsp3) is 0.600. The first-order chi connectivity index (χ1) is 8.05. The van der Waals surface area contributed by atoms with Gasteiger partial charge in [0.05, 0.1) is 5.88 Å². The maximum absolute atomic E-state index is 12.3. The van der Waals surface area contributed by atoms with Crippen LogP contribution in [0.3, 0.4) is 0 Å². The lowest BCUT2D eigenvalue weighted by Gasteiger charge is -2.25. The summed E-state index contributed by atoms with van der Waals surface area (Å²) in [5.74, 6) is 0.614. The van der Waals surface area contributed by atoms with Crippen LogP contribution in [-0.2, 0) is 15.9 Å². The quantitative estimate of drug-likeness (QED) is 0.794. The van der Waals surface area contributed by atoms with Gasteiger partial charge in [-0.2, -0.15) is 4.31 Å². The molecule has 7 heteroatoms. The van der Waals surface area contributed by atoms with Crippen LogP contribution in [0.1, 0.15) is 25.0 Å². The smallest absolute Gasteiger partial charge is 0.247 e. The number of hydrogen-bond acceptors (Lipinski definition) is 3. The first-order valence-electron chi connectivity index (χ1n) is 5.40. The highest BCUT2D eigenvalue weighted by atomic mass is 79.9. The Morgan fingerprint density at radius 2 is 2.00 bits per heavy atom. The van der Waals surface area contributed by atoms with Crippen LogP contribution in [0.25, 0.3) is 0 Å². The zero-order valence-corrected chi connectivity index (χ0v) is 12.3. The molecule has 0 N–H and O–H groups in total. The average molecular weight is 343 g/mol. The molecule has 0 amide bonds. The largest absolute Gasteiger partial charge is 0.452 e. The molecular weight excluding hydrogens is 330 g/mol. The molecule has 1 aromatic heterocycles. The van der Waals surface area contributed by atoms with Gasteiger partial charge in [0.2, 0.25) is 10.0 Å². The molecule has 1 aliphatic heterocycles. The number of sulfonamides is 1. The van der Waals surface area contributed by atoms with E-state index >= 15 is 0 Å². The molecule has 1 aliphatic rings. The van der Waals surface area contributed by atoms with Crippen molar-refractivity contribution in [3.05, 3.63) is 16.5 Å². The van der Waals surface area contributed by atoms with Crippen molar-refractivity contribution in [2.45, 2.75) is 30.0 Å². The highest BCUT2D eigenvalue weighted by Crippen LogP contribution is 2.30. The van der Waals surface area contributed by atoms with Crippen LogP contribution in [0.5, 0.6) is 0 Å². The third kappa shape index (κ3) is 2.70. The molecule has 96 valence electrons. The Morgan fingerprint density at radius 3 is 2.53 bits per heavy atom. The van der Waals surface area contributed by atoms with Gasteiger partial charge in [0, 0.05) is 19.2 Å². The minimum atomic E-state index is -3.45. The summed E-state index contributed by atoms with van der Waals surface area (Å²) >= 11 is 8.75. The van der Waals surface area contributed by atoms with Gasteiger partial charge < -0.3 is 4.42 Å². The minimum Gasteiger partial charge on any atom is -0.452 e. The second-order valence-electron chi connectivity index (χ2n) is 3.95. The maximum atomic E-state index is 12.3. The van der Waals surface area contributed by atoms with Crippen LogP contribution in [0.2, 0.25) is 0 Å². The number of hydrogen-bond donors (Lipinski definition) is 0. The van der Waals surface area contributed by atoms with Gasteiger partial charge >= 0.3 is 0 Å². The fourth-order valence-electron chi connectivity index (χ4n) is 1.88. The third-order valence-corrected chi connectivity index (χ3v) is 5.79. The summed E-state index contributed by atoms with van der Waals surface area (Å²) in [4.78, 5) is 0.176. The Labute approximate surface area is 114 Å². The second-order valence-corrected chi connectivity index (χ2v) is 6.84. The summed E-state index contributed by atoms with van der Waals surface area (Å²) in [6.45, 7) is 1.16. The van der Waals surface area contributed by atoms with Gasteiger partial charge in [-0.15, -0.1) is 11.6 Å². The van der Waals surface area contributed by atoms with E-state index in [0.717, 1.165) is 19.3 Å². The summed E-state index contributed by atoms with van der Waals surface area (Å²) in [5, 5.41) is 0. The number of piperidine rings is 1. The van der Waals surface area contributed by atoms with E-state index in [1.165, 1.54) is 10.4 Å². The van der Waals surface area contributed by atoms with Crippen LogP contribution in [0.4, 0.5) is 0 Å². The van der Waals surface area contributed by atoms with Crippen molar-refractivity contribution >= 4 is 37.6 Å². The molecule has 1 fully saturated rings. The van der Waals surface area contributed by atoms with Crippen molar-refractivity contribution in [2.24, 2.45) is 0 Å². The number of nitrogens with zero attached hydrogens (tertiary/aromatic N) is 1. The molecule has 1 aromatic rings. The third-order valence-electron chi connectivity index (χ3n) is 2.77. The van der Waals surface area contributed by atoms with Crippen molar-refractivity contribution in [1.82, 2.24) is 4.31 Å². The molecule has 0 aliphatic carbocycles. The Balaban J connectivity index is 2.33. The minimum absolute atomic E-state index is 0.161. The Morgan fingerprint density at radius 1 is 1.35 bits per heavy atom. The number of rotatable bonds is 3. The molecule has 17 heavy (non-hydrogen) atoms. The predicted octanol–water partition coefficient (Wildman–Crippen LogP) is 2.96. The van der Waals surface area contributed by atoms with Crippen LogP contribution < -0.4 is 0 Å². The monoisotopic (exact) mass is 341 g/mol. The highest BCUT2D eigenvalue weighted by Gasteiger charge is 2.30. The van der Waals surface area contributed by atoms with Gasteiger partial charge in [-0.1, -0.05) is 6.42 Å². The first-order valence-corrected chi connectivity index (χ1v) is 8.17. The van der Waals surface area contributed by atoms with Gasteiger partial charge in [0.1, 0.15) is 10.7 Å². The summed E-state index contributed by atoms with van der Waals surface area (Å²) < 4.78 is 31.6. The number of halogens is 2. The molecule has 4 nitrogen and oxygen atoms in total. The van der Waals surface area contributed by atoms with Crippen molar-refractivity contribution in [1.29, 1.82) is 0 Å². The lowest BCUT2D eigenvalue weighted by atomic mass is 10.2. The lowest BCUT2D eigenvalue weighted by molar-refractivity contribution is 0.346. The van der Waals surface area contributed by atoms with Crippen LogP contribution >= 0.6 is 27.5 Å². The lowest BCUT2D eigenvalue weighted by Crippen LogP contribution is -2.35. The molecule has 0 unspecified atom stereocenters. The molecule has 0 radical (unpaired) electrons. The molecule has 0 bridgehead atoms. The molecule has 0 saturated carbocycles. The summed E-state index contributed by atoms with van der Waals surface area (Å²) in [7, 11) is -3.45. The van der Waals surface area contributed by atoms with Crippen molar-refractivity contribution in [2.75, 3.05) is 13.1 Å². The van der Waals surface area contributed by atoms with Gasteiger partial charge in [-0.25, -0.2) is 8.42 Å². The van der Waals surface area contributed by atoms with Gasteiger partial charge in [0.15, 0.2) is 4.67 Å². The number of furan rings is 1. The molecule has 0 aromatic carbocycles. The maximum Gasteiger partial charge on any atom is 0.247 e. The van der Waals surface area contributed by atoms with Crippen LogP contribution in [0, 0.1) is 0 Å². The van der Waals surface area contributed by atoms with E-state index in [1.54, 1.807) is 0 Å². The molecule has 1 saturated heterocycles. The Bertz CT molecular complexity index is 494. The van der Waals surface area contributed by atoms with Crippen molar-refractivity contribution in [3.8, 4) is 0 Å². The summed E-state index contributed by atoms with van der Waals surface area (Å²) in [5.41, 5.74) is 0. The zero-order chi connectivity index (χ0) is 12.5. The van der Waals surface area contributed by atoms with E-state index < -0.39 is 10.0 Å². The van der Waals surface area contributed by atoms with Crippen molar-refractivity contribution in [3.63, 3.8) is 0 Å².